The molecule has 0 aromatic heterocycles. The lowest BCUT2D eigenvalue weighted by atomic mass is 9.94. The third-order valence-corrected chi connectivity index (χ3v) is 12.9. The highest BCUT2D eigenvalue weighted by molar-refractivity contribution is 5.97. The predicted octanol–water partition coefficient (Wildman–Crippen LogP) is 3.49. The number of unbranched alkanes of at least 4 members (excludes halogenated alkanes) is 1. The number of hydrogen-bond donors (Lipinski definition) is 9. The second kappa shape index (κ2) is 28.1. The third-order valence-electron chi connectivity index (χ3n) is 12.9. The standard InChI is InChI=1S/C49H83N9O7/c1-13-29(7)39-46(62)52-34(12)43(59)55-42(32(10)16-4)49(65)58-41(31(9)15-3)47(63)53-36(24-20-21-25-50)44(60)56-40(30(8)14-2)48(64)54-37(27-35-22-18-17-19-23-35)33(11)51-38(26-28(5)6)45(61)57-39/h17-19,22-23,28-32,34,36-42,51H,11,13-16,20-21,24-27,50H2,1-10,12H3,(H,52,62)(H,53,63)(H,54,64)(H,55,59)(H,56,60)(H,57,61)(H,58,65)/t29-,30-,31+,32-,34+,36-,37?,38+,39-,40+,41+,42-/m0/s1. The molecule has 1 aliphatic heterocycles. The van der Waals surface area contributed by atoms with E-state index in [2.05, 4.69) is 49.1 Å². The molecule has 2 rings (SSSR count). The molecule has 7 amide bonds. The van der Waals surface area contributed by atoms with Crippen molar-refractivity contribution in [1.82, 2.24) is 42.5 Å². The molecule has 0 spiro atoms. The van der Waals surface area contributed by atoms with Crippen molar-refractivity contribution in [2.24, 2.45) is 35.3 Å². The van der Waals surface area contributed by atoms with Crippen LogP contribution in [0.4, 0.5) is 0 Å². The summed E-state index contributed by atoms with van der Waals surface area (Å²) in [7, 11) is 0. The lowest BCUT2D eigenvalue weighted by Crippen LogP contribution is -2.62. The van der Waals surface area contributed by atoms with Gasteiger partial charge < -0.3 is 48.3 Å². The quantitative estimate of drug-likeness (QED) is 0.110. The number of benzene rings is 1. The molecule has 65 heavy (non-hydrogen) atoms. The second-order valence-corrected chi connectivity index (χ2v) is 18.7. The van der Waals surface area contributed by atoms with Crippen LogP contribution in [0.5, 0.6) is 0 Å². The van der Waals surface area contributed by atoms with Gasteiger partial charge in [-0.3, -0.25) is 33.6 Å². The van der Waals surface area contributed by atoms with E-state index in [1.165, 1.54) is 6.92 Å². The van der Waals surface area contributed by atoms with Gasteiger partial charge >= 0.3 is 0 Å². The van der Waals surface area contributed by atoms with Crippen LogP contribution >= 0.6 is 0 Å². The summed E-state index contributed by atoms with van der Waals surface area (Å²) in [4.78, 5) is 99.5. The highest BCUT2D eigenvalue weighted by atomic mass is 16.2. The highest BCUT2D eigenvalue weighted by Gasteiger charge is 2.38. The van der Waals surface area contributed by atoms with Gasteiger partial charge in [-0.2, -0.15) is 0 Å². The molecule has 0 saturated carbocycles. The van der Waals surface area contributed by atoms with E-state index in [1.807, 2.05) is 92.6 Å². The van der Waals surface area contributed by atoms with Crippen LogP contribution in [0.2, 0.25) is 0 Å². The Morgan fingerprint density at radius 3 is 1.35 bits per heavy atom. The van der Waals surface area contributed by atoms with E-state index in [1.54, 1.807) is 6.92 Å². The Morgan fingerprint density at radius 2 is 0.908 bits per heavy atom. The average molecular weight is 910 g/mol. The van der Waals surface area contributed by atoms with E-state index in [0.29, 0.717) is 63.6 Å². The van der Waals surface area contributed by atoms with Gasteiger partial charge in [0.15, 0.2) is 0 Å². The van der Waals surface area contributed by atoms with Gasteiger partial charge in [0.1, 0.15) is 42.3 Å². The summed E-state index contributed by atoms with van der Waals surface area (Å²) in [5.74, 6) is -5.31. The summed E-state index contributed by atoms with van der Waals surface area (Å²) in [5, 5.41) is 23.7. The van der Waals surface area contributed by atoms with Crippen molar-refractivity contribution in [2.45, 2.75) is 182 Å². The van der Waals surface area contributed by atoms with Crippen LogP contribution in [0.3, 0.4) is 0 Å². The molecule has 1 aliphatic rings. The lowest BCUT2D eigenvalue weighted by Gasteiger charge is -2.33. The fourth-order valence-electron chi connectivity index (χ4n) is 7.63. The highest BCUT2D eigenvalue weighted by Crippen LogP contribution is 2.18. The molecule has 366 valence electrons. The smallest absolute Gasteiger partial charge is 0.243 e. The Balaban J connectivity index is 2.81. The maximum atomic E-state index is 14.5. The van der Waals surface area contributed by atoms with Crippen molar-refractivity contribution in [1.29, 1.82) is 0 Å². The van der Waals surface area contributed by atoms with Crippen LogP contribution in [0.25, 0.3) is 0 Å². The molecule has 10 N–H and O–H groups in total. The predicted molar refractivity (Wildman–Crippen MR) is 256 cm³/mol. The first kappa shape index (κ1) is 56.1. The van der Waals surface area contributed by atoms with Crippen molar-refractivity contribution < 1.29 is 33.6 Å². The molecule has 16 heteroatoms. The first-order chi connectivity index (χ1) is 30.7. The molecule has 0 bridgehead atoms. The van der Waals surface area contributed by atoms with Crippen LogP contribution in [-0.4, -0.2) is 96.2 Å². The van der Waals surface area contributed by atoms with E-state index in [-0.39, 0.29) is 36.0 Å². The first-order valence-electron chi connectivity index (χ1n) is 24.0. The first-order valence-corrected chi connectivity index (χ1v) is 24.0. The normalized spacial score (nSPS) is 27.0. The summed E-state index contributed by atoms with van der Waals surface area (Å²) >= 11 is 0. The number of amides is 7. The maximum Gasteiger partial charge on any atom is 0.243 e. The summed E-state index contributed by atoms with van der Waals surface area (Å²) in [6.07, 6.45) is 4.01. The van der Waals surface area contributed by atoms with Crippen LogP contribution in [0.1, 0.15) is 133 Å². The minimum atomic E-state index is -1.11. The van der Waals surface area contributed by atoms with Gasteiger partial charge in [0.05, 0.1) is 6.04 Å². The summed E-state index contributed by atoms with van der Waals surface area (Å²) < 4.78 is 0. The molecule has 0 aliphatic carbocycles. The Bertz CT molecular complexity index is 1730. The van der Waals surface area contributed by atoms with Gasteiger partial charge in [0.2, 0.25) is 41.4 Å². The summed E-state index contributed by atoms with van der Waals surface area (Å²) in [5.41, 5.74) is 7.06. The SMILES string of the molecule is C=C1N[C@H](CC(C)C)C(=O)N[C@@H]([C@@H](C)CC)C(=O)N[C@H](C)C(=O)N[C@@H]([C@@H](C)CC)C(=O)N[C@H]([C@H](C)CC)C(=O)N[C@@H](CCCCN)C(=O)N[C@H]([C@@H](C)CC)C(=O)NC1Cc1ccccc1. The van der Waals surface area contributed by atoms with E-state index in [9.17, 15) is 33.6 Å². The van der Waals surface area contributed by atoms with Crippen LogP contribution < -0.4 is 48.3 Å². The molecule has 1 aromatic carbocycles. The Labute approximate surface area is 388 Å². The second-order valence-electron chi connectivity index (χ2n) is 18.7. The van der Waals surface area contributed by atoms with Crippen LogP contribution in [-0.2, 0) is 40.0 Å². The van der Waals surface area contributed by atoms with E-state index in [0.717, 1.165) is 5.56 Å². The number of rotatable bonds is 16. The molecule has 1 aromatic rings. The van der Waals surface area contributed by atoms with E-state index >= 15 is 0 Å². The molecular weight excluding hydrogens is 827 g/mol. The Kier molecular flexibility index (Phi) is 24.3. The number of hydrogen-bond acceptors (Lipinski definition) is 9. The molecular formula is C49H83N9O7. The molecule has 0 radical (unpaired) electrons. The zero-order valence-corrected chi connectivity index (χ0v) is 41.1. The number of nitrogens with one attached hydrogen (secondary N) is 8. The van der Waals surface area contributed by atoms with Crippen molar-refractivity contribution in [3.63, 3.8) is 0 Å². The monoisotopic (exact) mass is 910 g/mol. The Hall–Kier alpha value is -4.99. The van der Waals surface area contributed by atoms with Crippen molar-refractivity contribution in [3.8, 4) is 0 Å². The summed E-state index contributed by atoms with van der Waals surface area (Å²) in [6, 6.07) is 1.44. The zero-order valence-electron chi connectivity index (χ0n) is 41.1. The topological polar surface area (TPSA) is 242 Å². The molecule has 1 heterocycles. The minimum Gasteiger partial charge on any atom is -0.376 e. The number of nitrogens with two attached hydrogens (primary N) is 1. The number of carbonyl (C=O) groups excluding carboxylic acids is 7. The fourth-order valence-corrected chi connectivity index (χ4v) is 7.63. The van der Waals surface area contributed by atoms with Gasteiger partial charge in [0, 0.05) is 5.70 Å². The molecule has 16 nitrogen and oxygen atoms in total. The molecule has 12 atom stereocenters. The van der Waals surface area contributed by atoms with Gasteiger partial charge in [-0.25, -0.2) is 0 Å². The third kappa shape index (κ3) is 17.7. The minimum absolute atomic E-state index is 0.0269. The van der Waals surface area contributed by atoms with Crippen molar-refractivity contribution in [2.75, 3.05) is 6.54 Å². The molecule has 1 saturated heterocycles. The maximum absolute atomic E-state index is 14.5. The van der Waals surface area contributed by atoms with Gasteiger partial charge in [-0.05, 0) is 80.7 Å². The van der Waals surface area contributed by atoms with Crippen LogP contribution in [0, 0.1) is 29.6 Å². The van der Waals surface area contributed by atoms with Crippen molar-refractivity contribution in [3.05, 3.63) is 48.2 Å². The number of carbonyl (C=O) groups is 7. The molecule has 1 unspecified atom stereocenters. The van der Waals surface area contributed by atoms with Crippen LogP contribution in [0.15, 0.2) is 42.6 Å². The average Bonchev–Trinajstić information content (AvgIpc) is 3.28. The van der Waals surface area contributed by atoms with Gasteiger partial charge in [0.25, 0.3) is 0 Å². The van der Waals surface area contributed by atoms with Gasteiger partial charge in [-0.15, -0.1) is 0 Å². The van der Waals surface area contributed by atoms with Crippen molar-refractivity contribution >= 4 is 41.4 Å². The Morgan fingerprint density at radius 1 is 0.508 bits per heavy atom. The summed E-state index contributed by atoms with van der Waals surface area (Å²) in [6.45, 7) is 25.0. The fraction of sp³-hybridized carbons (Fsp3) is 0.694. The molecule has 1 fully saturated rings. The van der Waals surface area contributed by atoms with E-state index in [4.69, 9.17) is 5.73 Å². The zero-order chi connectivity index (χ0) is 49.0. The largest absolute Gasteiger partial charge is 0.376 e. The lowest BCUT2D eigenvalue weighted by molar-refractivity contribution is -0.137. The van der Waals surface area contributed by atoms with Gasteiger partial charge in [-0.1, -0.05) is 132 Å². The van der Waals surface area contributed by atoms with E-state index < -0.39 is 89.7 Å².